The van der Waals surface area contributed by atoms with Crippen LogP contribution in [0.3, 0.4) is 0 Å². The molecular weight excluding hydrogens is 340 g/mol. The van der Waals surface area contributed by atoms with Gasteiger partial charge in [-0.05, 0) is 68.1 Å². The quantitative estimate of drug-likeness (QED) is 0.628. The van der Waals surface area contributed by atoms with Crippen molar-refractivity contribution >= 4 is 5.97 Å². The molecule has 0 aliphatic heterocycles. The average molecular weight is 375 g/mol. The summed E-state index contributed by atoms with van der Waals surface area (Å²) in [4.78, 5) is 11.0. The molecule has 0 bridgehead atoms. The van der Waals surface area contributed by atoms with Gasteiger partial charge < -0.3 is 14.6 Å². The van der Waals surface area contributed by atoms with Gasteiger partial charge in [0.25, 0.3) is 0 Å². The summed E-state index contributed by atoms with van der Waals surface area (Å²) >= 11 is 0. The lowest BCUT2D eigenvalue weighted by Gasteiger charge is -2.43. The number of hydrogen-bond acceptors (Lipinski definition) is 3. The minimum Gasteiger partial charge on any atom is -0.493 e. The van der Waals surface area contributed by atoms with Gasteiger partial charge in [-0.2, -0.15) is 0 Å². The van der Waals surface area contributed by atoms with Crippen LogP contribution in [-0.4, -0.2) is 24.3 Å². The van der Waals surface area contributed by atoms with Gasteiger partial charge in [-0.25, -0.2) is 0 Å². The summed E-state index contributed by atoms with van der Waals surface area (Å²) in [7, 11) is 0. The van der Waals surface area contributed by atoms with Crippen molar-refractivity contribution in [3.05, 3.63) is 29.8 Å². The molecular formula is C23H34O4. The van der Waals surface area contributed by atoms with Crippen LogP contribution in [0.15, 0.2) is 24.3 Å². The van der Waals surface area contributed by atoms with Crippen molar-refractivity contribution in [3.63, 3.8) is 0 Å². The molecule has 0 aromatic heterocycles. The predicted octanol–water partition coefficient (Wildman–Crippen LogP) is 5.76. The third-order valence-corrected chi connectivity index (χ3v) is 6.42. The van der Waals surface area contributed by atoms with E-state index in [9.17, 15) is 4.79 Å². The minimum atomic E-state index is -0.845. The van der Waals surface area contributed by atoms with Crippen molar-refractivity contribution in [1.29, 1.82) is 0 Å². The number of rotatable bonds is 8. The topological polar surface area (TPSA) is 55.8 Å². The molecule has 1 aromatic rings. The molecule has 0 amide bonds. The Morgan fingerprint density at radius 3 is 2.52 bits per heavy atom. The number of carboxylic acid groups (broad SMARTS) is 1. The Bertz CT molecular complexity index is 583. The Kier molecular flexibility index (Phi) is 7.17. The van der Waals surface area contributed by atoms with E-state index in [0.29, 0.717) is 17.9 Å². The van der Waals surface area contributed by atoms with Crippen molar-refractivity contribution < 1.29 is 19.4 Å². The van der Waals surface area contributed by atoms with Crippen LogP contribution < -0.4 is 4.74 Å². The number of carboxylic acids is 1. The molecule has 1 aromatic carbocycles. The average Bonchev–Trinajstić information content (AvgIpc) is 2.67. The lowest BCUT2D eigenvalue weighted by Crippen LogP contribution is -2.33. The summed E-state index contributed by atoms with van der Waals surface area (Å²) in [6.07, 6.45) is 12.0. The largest absolute Gasteiger partial charge is 0.493 e. The number of aliphatic carboxylic acids is 1. The minimum absolute atomic E-state index is 0.0157. The Morgan fingerprint density at radius 2 is 1.85 bits per heavy atom. The zero-order chi connectivity index (χ0) is 19.1. The lowest BCUT2D eigenvalue weighted by molar-refractivity contribution is -0.140. The number of benzene rings is 1. The second kappa shape index (κ2) is 9.59. The van der Waals surface area contributed by atoms with Crippen LogP contribution in [0.5, 0.6) is 5.75 Å². The highest BCUT2D eigenvalue weighted by Crippen LogP contribution is 2.49. The molecule has 0 heterocycles. The molecule has 0 saturated heterocycles. The summed E-state index contributed by atoms with van der Waals surface area (Å²) in [5, 5.41) is 9.06. The third-order valence-electron chi connectivity index (χ3n) is 6.42. The fraction of sp³-hybridized carbons (Fsp3) is 0.696. The van der Waals surface area contributed by atoms with Gasteiger partial charge >= 0.3 is 5.97 Å². The van der Waals surface area contributed by atoms with Crippen molar-refractivity contribution in [3.8, 4) is 5.75 Å². The van der Waals surface area contributed by atoms with Crippen LogP contribution in [0.25, 0.3) is 0 Å². The molecule has 150 valence electrons. The Labute approximate surface area is 163 Å². The zero-order valence-electron chi connectivity index (χ0n) is 16.6. The Hall–Kier alpha value is -1.55. The van der Waals surface area contributed by atoms with Crippen molar-refractivity contribution in [1.82, 2.24) is 0 Å². The van der Waals surface area contributed by atoms with Gasteiger partial charge in [0.05, 0.1) is 19.1 Å². The van der Waals surface area contributed by atoms with Gasteiger partial charge in [-0.1, -0.05) is 37.8 Å². The fourth-order valence-electron chi connectivity index (χ4n) is 5.11. The van der Waals surface area contributed by atoms with Crippen LogP contribution in [0, 0.1) is 11.3 Å². The second-order valence-corrected chi connectivity index (χ2v) is 8.44. The monoisotopic (exact) mass is 374 g/mol. The van der Waals surface area contributed by atoms with E-state index in [1.165, 1.54) is 57.8 Å². The van der Waals surface area contributed by atoms with E-state index in [4.69, 9.17) is 14.6 Å². The molecule has 0 radical (unpaired) electrons. The first-order valence-corrected chi connectivity index (χ1v) is 10.7. The van der Waals surface area contributed by atoms with Gasteiger partial charge in [0, 0.05) is 6.61 Å². The Morgan fingerprint density at radius 1 is 1.15 bits per heavy atom. The summed E-state index contributed by atoms with van der Waals surface area (Å²) < 4.78 is 11.7. The van der Waals surface area contributed by atoms with Gasteiger partial charge in [0.2, 0.25) is 0 Å². The summed E-state index contributed by atoms with van der Waals surface area (Å²) in [6.45, 7) is 3.18. The van der Waals surface area contributed by atoms with E-state index in [2.05, 4.69) is 0 Å². The van der Waals surface area contributed by atoms with Gasteiger partial charge in [-0.15, -0.1) is 0 Å². The molecule has 2 aliphatic rings. The highest BCUT2D eigenvalue weighted by molar-refractivity contribution is 5.67. The highest BCUT2D eigenvalue weighted by atomic mass is 16.5. The van der Waals surface area contributed by atoms with Crippen LogP contribution in [0.2, 0.25) is 0 Å². The van der Waals surface area contributed by atoms with Crippen molar-refractivity contribution in [2.45, 2.75) is 77.2 Å². The SMILES string of the molecule is CCOC(CC(=O)O)c1ccc(OCC2CCCC3(CCCCC3)C2)cc1. The molecule has 2 unspecified atom stereocenters. The maximum Gasteiger partial charge on any atom is 0.306 e. The van der Waals surface area contributed by atoms with Crippen molar-refractivity contribution in [2.24, 2.45) is 11.3 Å². The standard InChI is InChI=1S/C23H34O4/c1-2-26-21(15-22(24)25)19-8-10-20(11-9-19)27-17-18-7-6-14-23(16-18)12-4-3-5-13-23/h8-11,18,21H,2-7,12-17H2,1H3,(H,24,25). The maximum absolute atomic E-state index is 11.0. The normalized spacial score (nSPS) is 23.1. The molecule has 3 rings (SSSR count). The highest BCUT2D eigenvalue weighted by Gasteiger charge is 2.37. The zero-order valence-corrected chi connectivity index (χ0v) is 16.6. The maximum atomic E-state index is 11.0. The first kappa shape index (κ1) is 20.2. The van der Waals surface area contributed by atoms with E-state index in [1.54, 1.807) is 0 Å². The molecule has 2 fully saturated rings. The molecule has 4 heteroatoms. The van der Waals surface area contributed by atoms with Crippen LogP contribution in [0.4, 0.5) is 0 Å². The molecule has 1 spiro atoms. The number of ether oxygens (including phenoxy) is 2. The van der Waals surface area contributed by atoms with Crippen LogP contribution in [-0.2, 0) is 9.53 Å². The van der Waals surface area contributed by atoms with Crippen molar-refractivity contribution in [2.75, 3.05) is 13.2 Å². The molecule has 2 atom stereocenters. The second-order valence-electron chi connectivity index (χ2n) is 8.44. The molecule has 2 saturated carbocycles. The summed E-state index contributed by atoms with van der Waals surface area (Å²) in [5.74, 6) is 0.690. The third kappa shape index (κ3) is 5.71. The smallest absolute Gasteiger partial charge is 0.306 e. The van der Waals surface area contributed by atoms with Gasteiger partial charge in [0.1, 0.15) is 5.75 Å². The Balaban J connectivity index is 1.53. The lowest BCUT2D eigenvalue weighted by atomic mass is 9.63. The molecule has 2 aliphatic carbocycles. The molecule has 27 heavy (non-hydrogen) atoms. The fourth-order valence-corrected chi connectivity index (χ4v) is 5.11. The predicted molar refractivity (Wildman–Crippen MR) is 106 cm³/mol. The first-order chi connectivity index (χ1) is 13.1. The van der Waals surface area contributed by atoms with Gasteiger partial charge in [-0.3, -0.25) is 4.79 Å². The molecule has 1 N–H and O–H groups in total. The van der Waals surface area contributed by atoms with E-state index < -0.39 is 12.1 Å². The number of carbonyl (C=O) groups is 1. The summed E-state index contributed by atoms with van der Waals surface area (Å²) in [5.41, 5.74) is 1.50. The molecule has 4 nitrogen and oxygen atoms in total. The van der Waals surface area contributed by atoms with Crippen LogP contribution in [0.1, 0.15) is 82.8 Å². The van der Waals surface area contributed by atoms with Crippen LogP contribution >= 0.6 is 0 Å². The number of hydrogen-bond donors (Lipinski definition) is 1. The summed E-state index contributed by atoms with van der Waals surface area (Å²) in [6, 6.07) is 7.76. The van der Waals surface area contributed by atoms with E-state index >= 15 is 0 Å². The van der Waals surface area contributed by atoms with E-state index in [1.807, 2.05) is 31.2 Å². The first-order valence-electron chi connectivity index (χ1n) is 10.7. The van der Waals surface area contributed by atoms with Gasteiger partial charge in [0.15, 0.2) is 0 Å². The van der Waals surface area contributed by atoms with E-state index in [-0.39, 0.29) is 6.42 Å². The van der Waals surface area contributed by atoms with E-state index in [0.717, 1.165) is 17.9 Å².